The lowest BCUT2D eigenvalue weighted by Gasteiger charge is -2.13. The molecule has 1 aromatic rings. The zero-order chi connectivity index (χ0) is 10.8. The van der Waals surface area contributed by atoms with Crippen LogP contribution in [0.15, 0.2) is 29.2 Å². The van der Waals surface area contributed by atoms with Gasteiger partial charge in [-0.3, -0.25) is 0 Å². The molecule has 6 heteroatoms. The van der Waals surface area contributed by atoms with Crippen LogP contribution < -0.4 is 5.73 Å². The van der Waals surface area contributed by atoms with E-state index in [-0.39, 0.29) is 23.8 Å². The predicted molar refractivity (Wildman–Crippen MR) is 62.5 cm³/mol. The van der Waals surface area contributed by atoms with Crippen molar-refractivity contribution in [3.05, 3.63) is 29.8 Å². The van der Waals surface area contributed by atoms with Crippen LogP contribution in [0.1, 0.15) is 5.56 Å². The van der Waals surface area contributed by atoms with Crippen LogP contribution >= 0.6 is 12.4 Å². The number of nitrogens with zero attached hydrogens (tertiary/aromatic N) is 1. The lowest BCUT2D eigenvalue weighted by molar-refractivity contribution is 0.519. The molecule has 0 aromatic heterocycles. The highest BCUT2D eigenvalue weighted by molar-refractivity contribution is 7.89. The van der Waals surface area contributed by atoms with Gasteiger partial charge in [-0.25, -0.2) is 12.7 Å². The van der Waals surface area contributed by atoms with E-state index in [2.05, 4.69) is 0 Å². The largest absolute Gasteiger partial charge is 0.326 e. The third-order valence-electron chi connectivity index (χ3n) is 1.95. The molecule has 0 unspecified atom stereocenters. The van der Waals surface area contributed by atoms with Crippen LogP contribution in [0, 0.1) is 0 Å². The Bertz CT molecular complexity index is 418. The molecule has 0 aliphatic rings. The number of hydrogen-bond donors (Lipinski definition) is 1. The predicted octanol–water partition coefficient (Wildman–Crippen LogP) is 0.817. The number of benzene rings is 1. The maximum absolute atomic E-state index is 11.8. The second-order valence-corrected chi connectivity index (χ2v) is 5.22. The molecular weight excluding hydrogens is 236 g/mol. The molecule has 15 heavy (non-hydrogen) atoms. The van der Waals surface area contributed by atoms with Gasteiger partial charge in [-0.2, -0.15) is 0 Å². The molecule has 1 rings (SSSR count). The van der Waals surface area contributed by atoms with Crippen molar-refractivity contribution in [2.24, 2.45) is 5.73 Å². The standard InChI is InChI=1S/C9H14N2O2S.ClH/c1-11(2)14(12,13)9-6-4-3-5-8(9)7-10;/h3-6H,7,10H2,1-2H3;1H. The SMILES string of the molecule is CN(C)S(=O)(=O)c1ccccc1CN.Cl. The fourth-order valence-corrected chi connectivity index (χ4v) is 2.25. The fraction of sp³-hybridized carbons (Fsp3) is 0.333. The Morgan fingerprint density at radius 3 is 2.27 bits per heavy atom. The summed E-state index contributed by atoms with van der Waals surface area (Å²) in [5.41, 5.74) is 6.10. The summed E-state index contributed by atoms with van der Waals surface area (Å²) in [7, 11) is -0.361. The number of hydrogen-bond acceptors (Lipinski definition) is 3. The van der Waals surface area contributed by atoms with E-state index in [1.54, 1.807) is 24.3 Å². The van der Waals surface area contributed by atoms with E-state index in [4.69, 9.17) is 5.73 Å². The topological polar surface area (TPSA) is 63.4 Å². The second-order valence-electron chi connectivity index (χ2n) is 3.10. The number of halogens is 1. The van der Waals surface area contributed by atoms with Gasteiger partial charge in [0.05, 0.1) is 4.90 Å². The van der Waals surface area contributed by atoms with Crippen LogP contribution in [-0.4, -0.2) is 26.8 Å². The third kappa shape index (κ3) is 2.92. The minimum Gasteiger partial charge on any atom is -0.326 e. The molecule has 0 saturated heterocycles. The summed E-state index contributed by atoms with van der Waals surface area (Å²) in [4.78, 5) is 0.285. The summed E-state index contributed by atoms with van der Waals surface area (Å²) >= 11 is 0. The molecule has 86 valence electrons. The molecule has 4 nitrogen and oxygen atoms in total. The van der Waals surface area contributed by atoms with Gasteiger partial charge >= 0.3 is 0 Å². The summed E-state index contributed by atoms with van der Waals surface area (Å²) in [5, 5.41) is 0. The van der Waals surface area contributed by atoms with Crippen LogP contribution in [0.2, 0.25) is 0 Å². The molecule has 0 aliphatic heterocycles. The van der Waals surface area contributed by atoms with Gasteiger partial charge in [-0.15, -0.1) is 12.4 Å². The van der Waals surface area contributed by atoms with E-state index in [0.29, 0.717) is 5.56 Å². The molecule has 0 bridgehead atoms. The fourth-order valence-electron chi connectivity index (χ4n) is 1.12. The minimum atomic E-state index is -3.37. The molecule has 0 amide bonds. The number of sulfonamides is 1. The Morgan fingerprint density at radius 2 is 1.80 bits per heavy atom. The van der Waals surface area contributed by atoms with Crippen LogP contribution in [0.5, 0.6) is 0 Å². The van der Waals surface area contributed by atoms with Crippen molar-refractivity contribution >= 4 is 22.4 Å². The summed E-state index contributed by atoms with van der Waals surface area (Å²) < 4.78 is 24.7. The van der Waals surface area contributed by atoms with Crippen molar-refractivity contribution < 1.29 is 8.42 Å². The van der Waals surface area contributed by atoms with Crippen molar-refractivity contribution in [1.29, 1.82) is 0 Å². The van der Waals surface area contributed by atoms with Crippen molar-refractivity contribution in [2.75, 3.05) is 14.1 Å². The molecule has 0 fully saturated rings. The van der Waals surface area contributed by atoms with Crippen LogP contribution in [0.4, 0.5) is 0 Å². The molecule has 2 N–H and O–H groups in total. The van der Waals surface area contributed by atoms with E-state index < -0.39 is 10.0 Å². The average Bonchev–Trinajstić information content (AvgIpc) is 2.17. The molecule has 1 aromatic carbocycles. The molecule has 0 saturated carbocycles. The number of nitrogens with two attached hydrogens (primary N) is 1. The van der Waals surface area contributed by atoms with E-state index in [9.17, 15) is 8.42 Å². The van der Waals surface area contributed by atoms with Gasteiger partial charge in [-0.1, -0.05) is 18.2 Å². The Balaban J connectivity index is 0.00000196. The maximum Gasteiger partial charge on any atom is 0.242 e. The first-order valence-electron chi connectivity index (χ1n) is 4.20. The monoisotopic (exact) mass is 250 g/mol. The smallest absolute Gasteiger partial charge is 0.242 e. The van der Waals surface area contributed by atoms with E-state index in [0.717, 1.165) is 0 Å². The van der Waals surface area contributed by atoms with Crippen molar-refractivity contribution in [2.45, 2.75) is 11.4 Å². The van der Waals surface area contributed by atoms with Gasteiger partial charge in [0, 0.05) is 20.6 Å². The van der Waals surface area contributed by atoms with Crippen LogP contribution in [-0.2, 0) is 16.6 Å². The van der Waals surface area contributed by atoms with Crippen LogP contribution in [0.25, 0.3) is 0 Å². The first-order valence-corrected chi connectivity index (χ1v) is 5.64. The summed E-state index contributed by atoms with van der Waals surface area (Å²) in [6.07, 6.45) is 0. The van der Waals surface area contributed by atoms with Gasteiger partial charge in [0.25, 0.3) is 0 Å². The Morgan fingerprint density at radius 1 is 1.27 bits per heavy atom. The normalized spacial score (nSPS) is 11.2. The summed E-state index contributed by atoms with van der Waals surface area (Å²) in [5.74, 6) is 0. The first-order chi connectivity index (χ1) is 6.50. The Kier molecular flexibility index (Phi) is 5.23. The minimum absolute atomic E-state index is 0. The van der Waals surface area contributed by atoms with Gasteiger partial charge < -0.3 is 5.73 Å². The zero-order valence-electron chi connectivity index (χ0n) is 8.67. The highest BCUT2D eigenvalue weighted by Crippen LogP contribution is 2.17. The highest BCUT2D eigenvalue weighted by Gasteiger charge is 2.19. The molecule has 0 spiro atoms. The summed E-state index contributed by atoms with van der Waals surface area (Å²) in [6, 6.07) is 6.75. The quantitative estimate of drug-likeness (QED) is 0.864. The molecule has 0 heterocycles. The number of rotatable bonds is 3. The van der Waals surface area contributed by atoms with Gasteiger partial charge in [-0.05, 0) is 11.6 Å². The first kappa shape index (κ1) is 14.4. The third-order valence-corrected chi connectivity index (χ3v) is 3.87. The second kappa shape index (κ2) is 5.46. The average molecular weight is 251 g/mol. The summed E-state index contributed by atoms with van der Waals surface area (Å²) in [6.45, 7) is 0.225. The van der Waals surface area contributed by atoms with Gasteiger partial charge in [0.15, 0.2) is 0 Å². The van der Waals surface area contributed by atoms with E-state index in [1.165, 1.54) is 18.4 Å². The Labute approximate surface area is 96.5 Å². The van der Waals surface area contributed by atoms with Gasteiger partial charge in [0.2, 0.25) is 10.0 Å². The zero-order valence-corrected chi connectivity index (χ0v) is 10.3. The van der Waals surface area contributed by atoms with Crippen LogP contribution in [0.3, 0.4) is 0 Å². The molecule has 0 atom stereocenters. The lowest BCUT2D eigenvalue weighted by Crippen LogP contribution is -2.23. The van der Waals surface area contributed by atoms with Crippen molar-refractivity contribution in [3.8, 4) is 0 Å². The van der Waals surface area contributed by atoms with Gasteiger partial charge in [0.1, 0.15) is 0 Å². The van der Waals surface area contributed by atoms with Crippen molar-refractivity contribution in [3.63, 3.8) is 0 Å². The lowest BCUT2D eigenvalue weighted by atomic mass is 10.2. The molecule has 0 radical (unpaired) electrons. The highest BCUT2D eigenvalue weighted by atomic mass is 35.5. The Hall–Kier alpha value is -0.620. The van der Waals surface area contributed by atoms with Crippen molar-refractivity contribution in [1.82, 2.24) is 4.31 Å². The van der Waals surface area contributed by atoms with E-state index in [1.807, 2.05) is 0 Å². The maximum atomic E-state index is 11.8. The molecular formula is C9H15ClN2O2S. The van der Waals surface area contributed by atoms with E-state index >= 15 is 0 Å². The molecule has 0 aliphatic carbocycles.